The van der Waals surface area contributed by atoms with Crippen LogP contribution in [0.2, 0.25) is 0 Å². The summed E-state index contributed by atoms with van der Waals surface area (Å²) in [6.45, 7) is 7.15. The molecule has 0 aliphatic carbocycles. The molecule has 0 spiro atoms. The van der Waals surface area contributed by atoms with E-state index in [1.165, 1.54) is 18.1 Å². The van der Waals surface area contributed by atoms with Gasteiger partial charge in [-0.15, -0.1) is 0 Å². The Hall–Kier alpha value is -2.35. The van der Waals surface area contributed by atoms with Gasteiger partial charge in [-0.05, 0) is 24.1 Å². The third-order valence-electron chi connectivity index (χ3n) is 4.68. The summed E-state index contributed by atoms with van der Waals surface area (Å²) in [5.74, 6) is -0.271. The van der Waals surface area contributed by atoms with Crippen LogP contribution in [0.4, 0.5) is 9.18 Å². The summed E-state index contributed by atoms with van der Waals surface area (Å²) in [5.41, 5.74) is 6.07. The van der Waals surface area contributed by atoms with Gasteiger partial charge in [-0.25, -0.2) is 9.18 Å². The summed E-state index contributed by atoms with van der Waals surface area (Å²) in [7, 11) is 1.44. The number of carbonyl (C=O) groups is 2. The first-order valence-corrected chi connectivity index (χ1v) is 8.82. The highest BCUT2D eigenvalue weighted by Gasteiger charge is 2.31. The highest BCUT2D eigenvalue weighted by molar-refractivity contribution is 5.86. The van der Waals surface area contributed by atoms with Gasteiger partial charge in [0.05, 0.1) is 33.3 Å². The predicted octanol–water partition coefficient (Wildman–Crippen LogP) is -0.246. The molecule has 1 fully saturated rings. The molecule has 1 saturated heterocycles. The third kappa shape index (κ3) is 5.08. The molecule has 1 aromatic rings. The van der Waals surface area contributed by atoms with Crippen LogP contribution in [-0.2, 0) is 11.3 Å². The second-order valence-corrected chi connectivity index (χ2v) is 6.95. The minimum Gasteiger partial charge on any atom is -0.494 e. The minimum atomic E-state index is -0.692. The number of piperazine rings is 1. The van der Waals surface area contributed by atoms with Crippen molar-refractivity contribution in [2.45, 2.75) is 26.4 Å². The number of carbonyl (C=O) groups excluding carboxylic acids is 2. The van der Waals surface area contributed by atoms with Crippen molar-refractivity contribution in [3.05, 3.63) is 29.6 Å². The molecule has 8 heteroatoms. The van der Waals surface area contributed by atoms with Gasteiger partial charge in [0.15, 0.2) is 11.6 Å². The van der Waals surface area contributed by atoms with Crippen LogP contribution in [0.3, 0.4) is 0 Å². The Morgan fingerprint density at radius 1 is 1.35 bits per heavy atom. The van der Waals surface area contributed by atoms with Crippen LogP contribution < -0.4 is 20.7 Å². The first-order chi connectivity index (χ1) is 12.3. The van der Waals surface area contributed by atoms with E-state index in [0.29, 0.717) is 19.6 Å². The lowest BCUT2D eigenvalue weighted by atomic mass is 10.0. The Bertz CT molecular complexity index is 645. The number of benzene rings is 1. The fourth-order valence-corrected chi connectivity index (χ4v) is 3.19. The van der Waals surface area contributed by atoms with Crippen molar-refractivity contribution in [2.75, 3.05) is 33.3 Å². The van der Waals surface area contributed by atoms with Crippen molar-refractivity contribution in [1.29, 1.82) is 0 Å². The molecule has 0 aromatic heterocycles. The fourth-order valence-electron chi connectivity index (χ4n) is 3.19. The van der Waals surface area contributed by atoms with Gasteiger partial charge in [0.25, 0.3) is 0 Å². The largest absolute Gasteiger partial charge is 0.494 e. The zero-order chi connectivity index (χ0) is 19.3. The zero-order valence-corrected chi connectivity index (χ0v) is 15.5. The van der Waals surface area contributed by atoms with Gasteiger partial charge >= 0.3 is 6.03 Å². The summed E-state index contributed by atoms with van der Waals surface area (Å²) in [5, 5.41) is 2.53. The van der Waals surface area contributed by atoms with E-state index < -0.39 is 12.1 Å². The second kappa shape index (κ2) is 8.84. The molecule has 1 aliphatic heterocycles. The van der Waals surface area contributed by atoms with Crippen molar-refractivity contribution in [2.24, 2.45) is 11.7 Å². The van der Waals surface area contributed by atoms with Crippen LogP contribution in [0.15, 0.2) is 18.2 Å². The monoisotopic (exact) mass is 367 g/mol. The van der Waals surface area contributed by atoms with E-state index in [9.17, 15) is 14.0 Å². The van der Waals surface area contributed by atoms with E-state index in [0.717, 1.165) is 18.7 Å². The topological polar surface area (TPSA) is 89.1 Å². The highest BCUT2D eigenvalue weighted by Crippen LogP contribution is 2.17. The van der Waals surface area contributed by atoms with Crippen LogP contribution in [0, 0.1) is 11.7 Å². The normalized spacial score (nSPS) is 16.4. The smallest absolute Gasteiger partial charge is 0.312 e. The Morgan fingerprint density at radius 3 is 2.50 bits per heavy atom. The van der Waals surface area contributed by atoms with E-state index in [2.05, 4.69) is 5.32 Å². The molecule has 0 bridgehead atoms. The lowest BCUT2D eigenvalue weighted by Gasteiger charge is -2.35. The average molecular weight is 367 g/mol. The Balaban J connectivity index is 1.91. The maximum Gasteiger partial charge on any atom is 0.312 e. The van der Waals surface area contributed by atoms with E-state index in [4.69, 9.17) is 10.5 Å². The van der Waals surface area contributed by atoms with Crippen molar-refractivity contribution in [3.8, 4) is 5.75 Å². The van der Waals surface area contributed by atoms with Crippen molar-refractivity contribution < 1.29 is 23.6 Å². The van der Waals surface area contributed by atoms with E-state index in [-0.39, 0.29) is 23.4 Å². The maximum atomic E-state index is 13.8. The van der Waals surface area contributed by atoms with Crippen molar-refractivity contribution in [3.63, 3.8) is 0 Å². The third-order valence-corrected chi connectivity index (χ3v) is 4.68. The standard InChI is InChI=1S/C18H27FN4O3/c1-12(2)16(21-18(20)25)17(24)23-8-6-22(7-9-23)11-13-4-5-15(26-3)14(19)10-13/h4-5,10,12,16H,6-9,11H2,1-3H3,(H3,20,21,25)/p+1/t16-/m0/s1. The second-order valence-electron chi connectivity index (χ2n) is 6.95. The number of halogens is 1. The number of urea groups is 1. The molecule has 4 N–H and O–H groups in total. The Labute approximate surface area is 153 Å². The van der Waals surface area contributed by atoms with Crippen molar-refractivity contribution >= 4 is 11.9 Å². The molecular weight excluding hydrogens is 339 g/mol. The zero-order valence-electron chi connectivity index (χ0n) is 15.5. The molecule has 0 radical (unpaired) electrons. The number of nitrogens with two attached hydrogens (primary N) is 1. The molecule has 3 amide bonds. The van der Waals surface area contributed by atoms with Gasteiger partial charge in [0.1, 0.15) is 12.6 Å². The maximum absolute atomic E-state index is 13.8. The summed E-state index contributed by atoms with van der Waals surface area (Å²) >= 11 is 0. The Kier molecular flexibility index (Phi) is 6.79. The van der Waals surface area contributed by atoms with E-state index in [1.807, 2.05) is 19.9 Å². The predicted molar refractivity (Wildman–Crippen MR) is 95.3 cm³/mol. The van der Waals surface area contributed by atoms with Gasteiger partial charge in [-0.1, -0.05) is 13.8 Å². The Morgan fingerprint density at radius 2 is 2.00 bits per heavy atom. The minimum absolute atomic E-state index is 0.0392. The number of nitrogens with one attached hydrogen (secondary N) is 2. The number of amides is 3. The molecule has 0 unspecified atom stereocenters. The quantitative estimate of drug-likeness (QED) is 0.648. The number of nitrogens with zero attached hydrogens (tertiary/aromatic N) is 1. The molecule has 0 saturated carbocycles. The van der Waals surface area contributed by atoms with Crippen LogP contribution in [0.5, 0.6) is 5.75 Å². The van der Waals surface area contributed by atoms with Crippen LogP contribution >= 0.6 is 0 Å². The van der Waals surface area contributed by atoms with E-state index in [1.54, 1.807) is 11.0 Å². The molecule has 7 nitrogen and oxygen atoms in total. The van der Waals surface area contributed by atoms with Crippen molar-refractivity contribution in [1.82, 2.24) is 10.2 Å². The number of ether oxygens (including phenoxy) is 1. The van der Waals surface area contributed by atoms with Gasteiger partial charge in [0.2, 0.25) is 5.91 Å². The summed E-state index contributed by atoms with van der Waals surface area (Å²) in [6.07, 6.45) is 0. The summed E-state index contributed by atoms with van der Waals surface area (Å²) in [6, 6.07) is 3.69. The number of rotatable bonds is 6. The van der Waals surface area contributed by atoms with Crippen LogP contribution in [0.25, 0.3) is 0 Å². The fraction of sp³-hybridized carbons (Fsp3) is 0.556. The number of quaternary nitrogens is 1. The number of primary amides is 1. The van der Waals surface area contributed by atoms with Gasteiger partial charge < -0.3 is 25.6 Å². The van der Waals surface area contributed by atoms with Gasteiger partial charge in [-0.2, -0.15) is 0 Å². The number of methoxy groups -OCH3 is 1. The lowest BCUT2D eigenvalue weighted by Crippen LogP contribution is -3.13. The van der Waals surface area contributed by atoms with Crippen LogP contribution in [0.1, 0.15) is 19.4 Å². The SMILES string of the molecule is COc1ccc(C[NH+]2CCN(C(=O)[C@@H](NC(N)=O)C(C)C)CC2)cc1F. The molecule has 1 heterocycles. The molecule has 26 heavy (non-hydrogen) atoms. The molecular formula is C18H28FN4O3+. The first-order valence-electron chi connectivity index (χ1n) is 8.82. The summed E-state index contributed by atoms with van der Waals surface area (Å²) in [4.78, 5) is 26.8. The average Bonchev–Trinajstić information content (AvgIpc) is 2.59. The highest BCUT2D eigenvalue weighted by atomic mass is 19.1. The molecule has 1 atom stereocenters. The molecule has 2 rings (SSSR count). The van der Waals surface area contributed by atoms with Gasteiger partial charge in [-0.3, -0.25) is 4.79 Å². The summed E-state index contributed by atoms with van der Waals surface area (Å²) < 4.78 is 18.7. The van der Waals surface area contributed by atoms with Crippen LogP contribution in [-0.4, -0.2) is 56.2 Å². The molecule has 144 valence electrons. The molecule has 1 aliphatic rings. The first kappa shape index (κ1) is 20.0. The van der Waals surface area contributed by atoms with Gasteiger partial charge in [0, 0.05) is 5.56 Å². The number of hydrogen-bond donors (Lipinski definition) is 3. The lowest BCUT2D eigenvalue weighted by molar-refractivity contribution is -0.917. The van der Waals surface area contributed by atoms with E-state index >= 15 is 0 Å². The number of hydrogen-bond acceptors (Lipinski definition) is 3. The molecule has 1 aromatic carbocycles.